The second-order valence-corrected chi connectivity index (χ2v) is 6.37. The number of fused-ring (bicyclic) bond motifs is 1. The van der Waals surface area contributed by atoms with Gasteiger partial charge in [0.05, 0.1) is 6.10 Å². The largest absolute Gasteiger partial charge is 0.488 e. The van der Waals surface area contributed by atoms with Gasteiger partial charge in [-0.1, -0.05) is 25.8 Å². The topological polar surface area (TPSA) is 41.5 Å². The first-order valence-electron chi connectivity index (χ1n) is 8.49. The molecule has 21 heavy (non-hydrogen) atoms. The minimum Gasteiger partial charge on any atom is -0.488 e. The third-order valence-corrected chi connectivity index (χ3v) is 4.85. The van der Waals surface area contributed by atoms with Crippen LogP contribution in [-0.2, 0) is 6.42 Å². The summed E-state index contributed by atoms with van der Waals surface area (Å²) in [5.41, 5.74) is 2.83. The van der Waals surface area contributed by atoms with Crippen molar-refractivity contribution in [1.82, 2.24) is 5.32 Å². The molecule has 0 saturated heterocycles. The number of hydrogen-bond donors (Lipinski definition) is 2. The number of ether oxygens (including phenoxy) is 1. The molecule has 0 spiro atoms. The Morgan fingerprint density at radius 1 is 1.19 bits per heavy atom. The minimum absolute atomic E-state index is 0.0310. The fourth-order valence-electron chi connectivity index (χ4n) is 3.69. The highest BCUT2D eigenvalue weighted by molar-refractivity contribution is 5.40. The van der Waals surface area contributed by atoms with Crippen molar-refractivity contribution in [1.29, 1.82) is 0 Å². The van der Waals surface area contributed by atoms with Crippen LogP contribution in [0.25, 0.3) is 0 Å². The van der Waals surface area contributed by atoms with Gasteiger partial charge in [-0.25, -0.2) is 0 Å². The van der Waals surface area contributed by atoms with Gasteiger partial charge in [0.1, 0.15) is 11.9 Å². The van der Waals surface area contributed by atoms with Crippen molar-refractivity contribution in [2.45, 2.75) is 70.1 Å². The van der Waals surface area contributed by atoms with Gasteiger partial charge in [0.15, 0.2) is 0 Å². The van der Waals surface area contributed by atoms with Crippen molar-refractivity contribution in [2.24, 2.45) is 0 Å². The van der Waals surface area contributed by atoms with E-state index in [2.05, 4.69) is 30.4 Å². The van der Waals surface area contributed by atoms with E-state index in [1.807, 2.05) is 0 Å². The molecule has 116 valence electrons. The van der Waals surface area contributed by atoms with E-state index in [1.54, 1.807) is 0 Å². The van der Waals surface area contributed by atoms with Gasteiger partial charge in [0, 0.05) is 6.04 Å². The summed E-state index contributed by atoms with van der Waals surface area (Å²) in [5.74, 6) is 0.928. The Labute approximate surface area is 127 Å². The Balaban J connectivity index is 1.69. The molecule has 3 nitrogen and oxygen atoms in total. The predicted octanol–water partition coefficient (Wildman–Crippen LogP) is 3.36. The highest BCUT2D eigenvalue weighted by atomic mass is 16.5. The Hall–Kier alpha value is -1.06. The Morgan fingerprint density at radius 2 is 2.05 bits per heavy atom. The lowest BCUT2D eigenvalue weighted by molar-refractivity contribution is 0.0319. The van der Waals surface area contributed by atoms with Crippen LogP contribution < -0.4 is 10.1 Å². The molecule has 2 aliphatic carbocycles. The van der Waals surface area contributed by atoms with Gasteiger partial charge in [-0.3, -0.25) is 0 Å². The van der Waals surface area contributed by atoms with E-state index in [9.17, 15) is 5.11 Å². The smallest absolute Gasteiger partial charge is 0.124 e. The van der Waals surface area contributed by atoms with E-state index < -0.39 is 0 Å². The molecule has 0 amide bonds. The van der Waals surface area contributed by atoms with Crippen LogP contribution in [0.1, 0.15) is 62.6 Å². The zero-order chi connectivity index (χ0) is 14.7. The van der Waals surface area contributed by atoms with Crippen molar-refractivity contribution < 1.29 is 9.84 Å². The first kappa shape index (κ1) is 14.9. The van der Waals surface area contributed by atoms with Crippen LogP contribution in [0.15, 0.2) is 18.2 Å². The molecule has 1 aromatic carbocycles. The summed E-state index contributed by atoms with van der Waals surface area (Å²) in [7, 11) is 0. The number of aliphatic hydroxyl groups excluding tert-OH is 1. The molecule has 1 fully saturated rings. The Kier molecular flexibility index (Phi) is 4.81. The van der Waals surface area contributed by atoms with Crippen LogP contribution >= 0.6 is 0 Å². The third kappa shape index (κ3) is 3.41. The predicted molar refractivity (Wildman–Crippen MR) is 84.7 cm³/mol. The van der Waals surface area contributed by atoms with Crippen LogP contribution in [0, 0.1) is 0 Å². The van der Waals surface area contributed by atoms with Crippen LogP contribution in [-0.4, -0.2) is 23.9 Å². The molecule has 3 heteroatoms. The summed E-state index contributed by atoms with van der Waals surface area (Å²) in [5, 5.41) is 13.7. The maximum atomic E-state index is 10.2. The number of nitrogens with one attached hydrogen (secondary N) is 1. The van der Waals surface area contributed by atoms with Gasteiger partial charge < -0.3 is 15.2 Å². The van der Waals surface area contributed by atoms with E-state index in [0.29, 0.717) is 6.04 Å². The second kappa shape index (κ2) is 6.80. The molecule has 3 atom stereocenters. The zero-order valence-corrected chi connectivity index (χ0v) is 13.0. The molecule has 0 bridgehead atoms. The standard InChI is InChI=1S/C18H27NO2/c1-2-19-16-11-8-13-12-14(9-10-15(13)16)21-18-7-5-3-4-6-17(18)20/h9-10,12,16-20H,2-8,11H2,1H3. The van der Waals surface area contributed by atoms with Crippen LogP contribution in [0.2, 0.25) is 0 Å². The van der Waals surface area contributed by atoms with E-state index in [1.165, 1.54) is 24.0 Å². The van der Waals surface area contributed by atoms with Gasteiger partial charge in [-0.05, 0) is 61.9 Å². The lowest BCUT2D eigenvalue weighted by Crippen LogP contribution is -2.30. The van der Waals surface area contributed by atoms with Crippen LogP contribution in [0.3, 0.4) is 0 Å². The first-order valence-corrected chi connectivity index (χ1v) is 8.49. The van der Waals surface area contributed by atoms with Gasteiger partial charge in [-0.15, -0.1) is 0 Å². The van der Waals surface area contributed by atoms with Gasteiger partial charge in [0.2, 0.25) is 0 Å². The van der Waals surface area contributed by atoms with Crippen molar-refractivity contribution >= 4 is 0 Å². The second-order valence-electron chi connectivity index (χ2n) is 6.37. The van der Waals surface area contributed by atoms with Gasteiger partial charge >= 0.3 is 0 Å². The van der Waals surface area contributed by atoms with E-state index in [4.69, 9.17) is 4.74 Å². The Morgan fingerprint density at radius 3 is 2.90 bits per heavy atom. The number of aliphatic hydroxyl groups is 1. The molecule has 0 aromatic heterocycles. The SMILES string of the molecule is CCNC1CCc2cc(OC3CCCCCC3O)ccc21. The molecule has 0 heterocycles. The highest BCUT2D eigenvalue weighted by Gasteiger charge is 2.25. The Bertz CT molecular complexity index is 474. The number of hydrogen-bond acceptors (Lipinski definition) is 3. The van der Waals surface area contributed by atoms with Crippen molar-refractivity contribution in [2.75, 3.05) is 6.54 Å². The third-order valence-electron chi connectivity index (χ3n) is 4.85. The molecule has 1 saturated carbocycles. The summed E-state index contributed by atoms with van der Waals surface area (Å²) < 4.78 is 6.10. The van der Waals surface area contributed by atoms with Crippen molar-refractivity contribution in [3.8, 4) is 5.75 Å². The molecule has 3 unspecified atom stereocenters. The van der Waals surface area contributed by atoms with Gasteiger partial charge in [-0.2, -0.15) is 0 Å². The minimum atomic E-state index is -0.310. The lowest BCUT2D eigenvalue weighted by Gasteiger charge is -2.22. The average molecular weight is 289 g/mol. The molecule has 3 rings (SSSR count). The van der Waals surface area contributed by atoms with Gasteiger partial charge in [0.25, 0.3) is 0 Å². The maximum absolute atomic E-state index is 10.2. The molecule has 2 aliphatic rings. The molecular formula is C18H27NO2. The fraction of sp³-hybridized carbons (Fsp3) is 0.667. The molecule has 0 radical (unpaired) electrons. The first-order chi connectivity index (χ1) is 10.3. The molecule has 1 aromatic rings. The van der Waals surface area contributed by atoms with Crippen molar-refractivity contribution in [3.05, 3.63) is 29.3 Å². The summed E-state index contributed by atoms with van der Waals surface area (Å²) in [6.45, 7) is 3.17. The summed E-state index contributed by atoms with van der Waals surface area (Å²) in [4.78, 5) is 0. The highest BCUT2D eigenvalue weighted by Crippen LogP contribution is 2.34. The number of benzene rings is 1. The molecule has 0 aliphatic heterocycles. The molecule has 2 N–H and O–H groups in total. The number of rotatable bonds is 4. The summed E-state index contributed by atoms with van der Waals surface area (Å²) >= 11 is 0. The quantitative estimate of drug-likeness (QED) is 0.835. The average Bonchev–Trinajstić information content (AvgIpc) is 2.77. The summed E-state index contributed by atoms with van der Waals surface area (Å²) in [6, 6.07) is 6.97. The lowest BCUT2D eigenvalue weighted by atomic mass is 10.1. The molecular weight excluding hydrogens is 262 g/mol. The van der Waals surface area contributed by atoms with E-state index in [0.717, 1.165) is 44.4 Å². The van der Waals surface area contributed by atoms with Crippen molar-refractivity contribution in [3.63, 3.8) is 0 Å². The van der Waals surface area contributed by atoms with E-state index in [-0.39, 0.29) is 12.2 Å². The summed E-state index contributed by atoms with van der Waals surface area (Å²) in [6.07, 6.45) is 7.30. The van der Waals surface area contributed by atoms with Crippen LogP contribution in [0.5, 0.6) is 5.75 Å². The maximum Gasteiger partial charge on any atom is 0.124 e. The number of aryl methyl sites for hydroxylation is 1. The normalized spacial score (nSPS) is 29.0. The van der Waals surface area contributed by atoms with Crippen LogP contribution in [0.4, 0.5) is 0 Å². The fourth-order valence-corrected chi connectivity index (χ4v) is 3.69. The van der Waals surface area contributed by atoms with E-state index >= 15 is 0 Å². The monoisotopic (exact) mass is 289 g/mol. The zero-order valence-electron chi connectivity index (χ0n) is 13.0.